The Balaban J connectivity index is 1.89. The highest BCUT2D eigenvalue weighted by molar-refractivity contribution is 5.73. The molecule has 3 atom stereocenters. The highest BCUT2D eigenvalue weighted by atomic mass is 19.4. The molecular formula is C24H24F6N4O2. The van der Waals surface area contributed by atoms with Gasteiger partial charge in [-0.25, -0.2) is 11.4 Å². The van der Waals surface area contributed by atoms with Crippen LogP contribution in [0.2, 0.25) is 0 Å². The average Bonchev–Trinajstić information content (AvgIpc) is 2.82. The van der Waals surface area contributed by atoms with Crippen molar-refractivity contribution in [3.05, 3.63) is 82.2 Å². The van der Waals surface area contributed by atoms with Crippen LogP contribution in [-0.2, 0) is 22.6 Å². The van der Waals surface area contributed by atoms with Crippen LogP contribution in [0, 0.1) is 6.57 Å². The summed E-state index contributed by atoms with van der Waals surface area (Å²) in [4.78, 5) is 14.9. The van der Waals surface area contributed by atoms with Crippen molar-refractivity contribution in [2.75, 3.05) is 13.2 Å². The Labute approximate surface area is 203 Å². The lowest BCUT2D eigenvalue weighted by molar-refractivity contribution is -0.143. The van der Waals surface area contributed by atoms with Crippen LogP contribution in [0.1, 0.15) is 48.1 Å². The lowest BCUT2D eigenvalue weighted by Crippen LogP contribution is -2.63. The van der Waals surface area contributed by atoms with Gasteiger partial charge in [0.05, 0.1) is 42.3 Å². The zero-order chi connectivity index (χ0) is 26.8. The van der Waals surface area contributed by atoms with Crippen LogP contribution in [0.25, 0.3) is 4.85 Å². The molecule has 1 fully saturated rings. The van der Waals surface area contributed by atoms with Gasteiger partial charge in [-0.15, -0.1) is 0 Å². The molecule has 1 unspecified atom stereocenters. The van der Waals surface area contributed by atoms with E-state index in [4.69, 9.17) is 17.0 Å². The minimum Gasteiger partial charge on any atom is -0.372 e. The molecule has 1 aliphatic rings. The van der Waals surface area contributed by atoms with E-state index < -0.39 is 46.8 Å². The van der Waals surface area contributed by atoms with Gasteiger partial charge in [-0.05, 0) is 42.7 Å². The van der Waals surface area contributed by atoms with Gasteiger partial charge in [-0.2, -0.15) is 26.3 Å². The summed E-state index contributed by atoms with van der Waals surface area (Å²) in [5, 5.41) is 5.64. The largest absolute Gasteiger partial charge is 0.416 e. The Morgan fingerprint density at radius 1 is 1.11 bits per heavy atom. The maximum atomic E-state index is 13.3. The molecule has 0 radical (unpaired) electrons. The van der Waals surface area contributed by atoms with E-state index in [0.29, 0.717) is 12.1 Å². The second-order valence-corrected chi connectivity index (χ2v) is 8.73. The standard InChI is InChI=1S/C24H24F6N4O2/c1-15(16-10-18(23(25,26)27)12-19(11-16)24(28,29)30)36-14-21(17-6-4-3-5-7-17)8-9-22(32-2,13-33-21)34-20(31)35/h3-7,10-12,15,33H,8-9,13-14H2,1H3,(H3,31,34,35)/t15-,21-,22?/m1/s1. The van der Waals surface area contributed by atoms with Crippen LogP contribution in [0.15, 0.2) is 48.5 Å². The summed E-state index contributed by atoms with van der Waals surface area (Å²) in [6.07, 6.45) is -10.6. The third-order valence-electron chi connectivity index (χ3n) is 6.24. The third-order valence-corrected chi connectivity index (χ3v) is 6.24. The monoisotopic (exact) mass is 514 g/mol. The van der Waals surface area contributed by atoms with Crippen molar-refractivity contribution >= 4 is 6.03 Å². The molecule has 6 nitrogen and oxygen atoms in total. The lowest BCUT2D eigenvalue weighted by Gasteiger charge is -2.42. The number of amides is 2. The van der Waals surface area contributed by atoms with Gasteiger partial charge in [0.25, 0.3) is 0 Å². The zero-order valence-electron chi connectivity index (χ0n) is 19.1. The van der Waals surface area contributed by atoms with Crippen LogP contribution in [0.4, 0.5) is 31.1 Å². The van der Waals surface area contributed by atoms with E-state index in [1.807, 2.05) is 0 Å². The highest BCUT2D eigenvalue weighted by Gasteiger charge is 2.49. The number of alkyl halides is 6. The normalized spacial score (nSPS) is 23.5. The second-order valence-electron chi connectivity index (χ2n) is 8.73. The number of benzene rings is 2. The number of ether oxygens (including phenoxy) is 1. The number of hydrogen-bond acceptors (Lipinski definition) is 3. The van der Waals surface area contributed by atoms with Gasteiger partial charge in [0.1, 0.15) is 0 Å². The summed E-state index contributed by atoms with van der Waals surface area (Å²) in [5.74, 6) is 0. The molecule has 3 rings (SSSR count). The van der Waals surface area contributed by atoms with E-state index in [2.05, 4.69) is 15.5 Å². The van der Waals surface area contributed by atoms with Gasteiger partial charge in [0, 0.05) is 0 Å². The maximum Gasteiger partial charge on any atom is 0.416 e. The topological polar surface area (TPSA) is 80.7 Å². The predicted molar refractivity (Wildman–Crippen MR) is 118 cm³/mol. The van der Waals surface area contributed by atoms with E-state index in [1.165, 1.54) is 6.92 Å². The summed E-state index contributed by atoms with van der Waals surface area (Å²) in [6, 6.07) is 9.39. The van der Waals surface area contributed by atoms with Crippen LogP contribution in [0.5, 0.6) is 0 Å². The second kappa shape index (κ2) is 9.99. The summed E-state index contributed by atoms with van der Waals surface area (Å²) < 4.78 is 85.5. The van der Waals surface area contributed by atoms with Crippen molar-refractivity contribution in [3.63, 3.8) is 0 Å². The number of piperidine rings is 1. The first-order valence-electron chi connectivity index (χ1n) is 10.9. The van der Waals surface area contributed by atoms with E-state index in [-0.39, 0.29) is 37.6 Å². The molecule has 36 heavy (non-hydrogen) atoms. The Morgan fingerprint density at radius 2 is 1.69 bits per heavy atom. The Bertz CT molecular complexity index is 1090. The molecule has 0 spiro atoms. The number of rotatable bonds is 6. The first kappa shape index (κ1) is 27.3. The number of hydrogen-bond donors (Lipinski definition) is 3. The van der Waals surface area contributed by atoms with E-state index in [9.17, 15) is 31.1 Å². The molecule has 0 aliphatic carbocycles. The van der Waals surface area contributed by atoms with Gasteiger partial charge in [0.15, 0.2) is 0 Å². The summed E-state index contributed by atoms with van der Waals surface area (Å²) in [6.45, 7) is 8.74. The molecule has 12 heteroatoms. The van der Waals surface area contributed by atoms with Crippen LogP contribution < -0.4 is 16.4 Å². The fraction of sp³-hybridized carbons (Fsp3) is 0.417. The van der Waals surface area contributed by atoms with Crippen molar-refractivity contribution in [2.45, 2.75) is 49.4 Å². The van der Waals surface area contributed by atoms with Crippen molar-refractivity contribution in [1.82, 2.24) is 10.6 Å². The SMILES string of the molecule is [C-]#[N+]C1(NC(N)=O)CC[C@@](CO[C@H](C)c2cc(C(F)(F)F)cc(C(F)(F)F)c2)(c2ccccc2)NC1. The van der Waals surface area contributed by atoms with Gasteiger partial charge in [-0.3, -0.25) is 15.5 Å². The molecular weight excluding hydrogens is 490 g/mol. The molecule has 2 amide bonds. The van der Waals surface area contributed by atoms with E-state index in [0.717, 1.165) is 5.56 Å². The number of carbonyl (C=O) groups excluding carboxylic acids is 1. The molecule has 194 valence electrons. The van der Waals surface area contributed by atoms with E-state index >= 15 is 0 Å². The van der Waals surface area contributed by atoms with Crippen LogP contribution >= 0.6 is 0 Å². The highest BCUT2D eigenvalue weighted by Crippen LogP contribution is 2.39. The molecule has 0 bridgehead atoms. The third kappa shape index (κ3) is 6.09. The molecule has 1 aliphatic heterocycles. The van der Waals surface area contributed by atoms with Crippen molar-refractivity contribution in [1.29, 1.82) is 0 Å². The smallest absolute Gasteiger partial charge is 0.372 e. The number of primary amides is 1. The van der Waals surface area contributed by atoms with Crippen LogP contribution in [-0.4, -0.2) is 24.8 Å². The maximum absolute atomic E-state index is 13.3. The van der Waals surface area contributed by atoms with Gasteiger partial charge in [0.2, 0.25) is 0 Å². The summed E-state index contributed by atoms with van der Waals surface area (Å²) in [7, 11) is 0. The summed E-state index contributed by atoms with van der Waals surface area (Å²) >= 11 is 0. The molecule has 0 aromatic heterocycles. The van der Waals surface area contributed by atoms with Gasteiger partial charge >= 0.3 is 24.0 Å². The Hall–Kier alpha value is -3.30. The number of urea groups is 1. The van der Waals surface area contributed by atoms with E-state index in [1.54, 1.807) is 30.3 Å². The van der Waals surface area contributed by atoms with Gasteiger partial charge < -0.3 is 10.5 Å². The van der Waals surface area contributed by atoms with Gasteiger partial charge in [-0.1, -0.05) is 30.3 Å². The fourth-order valence-corrected chi connectivity index (χ4v) is 4.16. The first-order valence-corrected chi connectivity index (χ1v) is 10.9. The summed E-state index contributed by atoms with van der Waals surface area (Å²) in [5.41, 5.74) is 0.621. The Morgan fingerprint density at radius 3 is 2.14 bits per heavy atom. The molecule has 2 aromatic carbocycles. The fourth-order valence-electron chi connectivity index (χ4n) is 4.16. The molecule has 0 saturated carbocycles. The predicted octanol–water partition coefficient (Wildman–Crippen LogP) is 5.36. The molecule has 1 saturated heterocycles. The van der Waals surface area contributed by atoms with Crippen molar-refractivity contribution in [3.8, 4) is 0 Å². The number of halogens is 6. The Kier molecular flexibility index (Phi) is 7.57. The van der Waals surface area contributed by atoms with Crippen LogP contribution in [0.3, 0.4) is 0 Å². The number of nitrogens with one attached hydrogen (secondary N) is 2. The molecule has 4 N–H and O–H groups in total. The quantitative estimate of drug-likeness (QED) is 0.359. The average molecular weight is 514 g/mol. The lowest BCUT2D eigenvalue weighted by atomic mass is 9.79. The molecule has 2 aromatic rings. The van der Waals surface area contributed by atoms with Crippen molar-refractivity contribution in [2.24, 2.45) is 5.73 Å². The minimum atomic E-state index is -4.97. The molecule has 1 heterocycles. The minimum absolute atomic E-state index is 0.00610. The number of nitrogens with zero attached hydrogens (tertiary/aromatic N) is 1. The number of nitrogens with two attached hydrogens (primary N) is 1. The first-order chi connectivity index (χ1) is 16.7. The zero-order valence-corrected chi connectivity index (χ0v) is 19.1. The van der Waals surface area contributed by atoms with Crippen molar-refractivity contribution < 1.29 is 35.9 Å². The number of carbonyl (C=O) groups is 1.